The van der Waals surface area contributed by atoms with Gasteiger partial charge in [0.05, 0.1) is 12.8 Å². The molecule has 5 heteroatoms. The molecule has 5 nitrogen and oxygen atoms in total. The van der Waals surface area contributed by atoms with Crippen molar-refractivity contribution >= 4 is 11.6 Å². The number of amides is 1. The van der Waals surface area contributed by atoms with Crippen LogP contribution in [0.1, 0.15) is 17.5 Å². The van der Waals surface area contributed by atoms with Gasteiger partial charge in [0.25, 0.3) is 0 Å². The number of aromatic nitrogens is 2. The van der Waals surface area contributed by atoms with Crippen LogP contribution in [0, 0.1) is 0 Å². The molecule has 0 fully saturated rings. The van der Waals surface area contributed by atoms with Crippen LogP contribution in [0.2, 0.25) is 0 Å². The molecule has 1 aliphatic rings. The summed E-state index contributed by atoms with van der Waals surface area (Å²) in [4.78, 5) is 11.4. The summed E-state index contributed by atoms with van der Waals surface area (Å²) in [6.07, 6.45) is 6.01. The number of nitrogens with one attached hydrogen (secondary N) is 1. The van der Waals surface area contributed by atoms with E-state index in [2.05, 4.69) is 10.4 Å². The lowest BCUT2D eigenvalue weighted by atomic mass is 10.0. The second-order valence-corrected chi connectivity index (χ2v) is 4.99. The van der Waals surface area contributed by atoms with Crippen LogP contribution < -0.4 is 10.1 Å². The van der Waals surface area contributed by atoms with Crippen molar-refractivity contribution in [3.05, 3.63) is 41.7 Å². The van der Waals surface area contributed by atoms with E-state index in [-0.39, 0.29) is 5.91 Å². The minimum Gasteiger partial charge on any atom is -0.493 e. The molecule has 0 spiro atoms. The molecule has 1 aromatic carbocycles. The molecule has 3 rings (SSSR count). The Kier molecular flexibility index (Phi) is 3.41. The molecular weight excluding hydrogens is 254 g/mol. The molecule has 0 atom stereocenters. The second-order valence-electron chi connectivity index (χ2n) is 4.99. The summed E-state index contributed by atoms with van der Waals surface area (Å²) >= 11 is 0. The molecule has 0 unspecified atom stereocenters. The predicted molar refractivity (Wildman–Crippen MR) is 75.8 cm³/mol. The number of hydrogen-bond donors (Lipinski definition) is 1. The van der Waals surface area contributed by atoms with E-state index < -0.39 is 0 Å². The highest BCUT2D eigenvalue weighted by molar-refractivity contribution is 5.94. The standard InChI is InChI=1S/C15H17N3O2/c1-18-10-11(9-16-18)6-7-20-13-4-2-12-3-5-15(19)17-14(12)8-13/h2,4,8-10H,3,5-7H2,1H3,(H,17,19). The lowest BCUT2D eigenvalue weighted by molar-refractivity contribution is -0.116. The van der Waals surface area contributed by atoms with Crippen molar-refractivity contribution in [1.82, 2.24) is 9.78 Å². The topological polar surface area (TPSA) is 56.1 Å². The Morgan fingerprint density at radius 3 is 3.10 bits per heavy atom. The van der Waals surface area contributed by atoms with Gasteiger partial charge in [-0.1, -0.05) is 6.07 Å². The molecule has 1 N–H and O–H groups in total. The summed E-state index contributed by atoms with van der Waals surface area (Å²) in [5, 5.41) is 7.00. The summed E-state index contributed by atoms with van der Waals surface area (Å²) in [7, 11) is 1.90. The molecule has 20 heavy (non-hydrogen) atoms. The summed E-state index contributed by atoms with van der Waals surface area (Å²) in [6, 6.07) is 5.88. The predicted octanol–water partition coefficient (Wildman–Crippen LogP) is 1.93. The third-order valence-electron chi connectivity index (χ3n) is 3.39. The molecule has 1 aliphatic heterocycles. The maximum Gasteiger partial charge on any atom is 0.224 e. The number of carbonyl (C=O) groups is 1. The van der Waals surface area contributed by atoms with Crippen molar-refractivity contribution in [3.63, 3.8) is 0 Å². The van der Waals surface area contributed by atoms with E-state index in [1.807, 2.05) is 37.6 Å². The smallest absolute Gasteiger partial charge is 0.224 e. The molecule has 2 heterocycles. The molecule has 0 aliphatic carbocycles. The van der Waals surface area contributed by atoms with Gasteiger partial charge in [0, 0.05) is 37.8 Å². The largest absolute Gasteiger partial charge is 0.493 e. The van der Waals surface area contributed by atoms with Crippen LogP contribution in [0.5, 0.6) is 5.75 Å². The van der Waals surface area contributed by atoms with Crippen LogP contribution in [0.4, 0.5) is 5.69 Å². The van der Waals surface area contributed by atoms with E-state index in [0.717, 1.165) is 29.8 Å². The first-order chi connectivity index (χ1) is 9.70. The lowest BCUT2D eigenvalue weighted by Crippen LogP contribution is -2.18. The maximum atomic E-state index is 11.4. The molecule has 2 aromatic rings. The SMILES string of the molecule is Cn1cc(CCOc2ccc3c(c2)NC(=O)CC3)cn1. The third-order valence-corrected chi connectivity index (χ3v) is 3.39. The maximum absolute atomic E-state index is 11.4. The molecule has 104 valence electrons. The van der Waals surface area contributed by atoms with Crippen molar-refractivity contribution in [1.29, 1.82) is 0 Å². The number of carbonyl (C=O) groups excluding carboxylic acids is 1. The number of benzene rings is 1. The van der Waals surface area contributed by atoms with Gasteiger partial charge in [-0.2, -0.15) is 5.10 Å². The van der Waals surface area contributed by atoms with Gasteiger partial charge in [-0.25, -0.2) is 0 Å². The van der Waals surface area contributed by atoms with Gasteiger partial charge in [0.1, 0.15) is 5.75 Å². The van der Waals surface area contributed by atoms with Gasteiger partial charge in [-0.15, -0.1) is 0 Å². The minimum absolute atomic E-state index is 0.0741. The second kappa shape index (κ2) is 5.36. The van der Waals surface area contributed by atoms with Crippen molar-refractivity contribution in [3.8, 4) is 5.75 Å². The van der Waals surface area contributed by atoms with E-state index in [4.69, 9.17) is 4.74 Å². The fourth-order valence-electron chi connectivity index (χ4n) is 2.33. The normalized spacial score (nSPS) is 13.8. The molecule has 1 amide bonds. The van der Waals surface area contributed by atoms with E-state index >= 15 is 0 Å². The van der Waals surface area contributed by atoms with Crippen LogP contribution in [-0.4, -0.2) is 22.3 Å². The Morgan fingerprint density at radius 1 is 1.40 bits per heavy atom. The molecular formula is C15H17N3O2. The van der Waals surface area contributed by atoms with Crippen LogP contribution in [-0.2, 0) is 24.7 Å². The molecule has 0 saturated carbocycles. The van der Waals surface area contributed by atoms with E-state index in [1.165, 1.54) is 5.56 Å². The zero-order valence-corrected chi connectivity index (χ0v) is 11.4. The monoisotopic (exact) mass is 271 g/mol. The van der Waals surface area contributed by atoms with Crippen LogP contribution in [0.15, 0.2) is 30.6 Å². The van der Waals surface area contributed by atoms with Crippen molar-refractivity contribution < 1.29 is 9.53 Å². The zero-order valence-electron chi connectivity index (χ0n) is 11.4. The number of ether oxygens (including phenoxy) is 1. The summed E-state index contributed by atoms with van der Waals surface area (Å²) in [5.74, 6) is 0.861. The van der Waals surface area contributed by atoms with Gasteiger partial charge in [0.15, 0.2) is 0 Å². The van der Waals surface area contributed by atoms with Crippen LogP contribution >= 0.6 is 0 Å². The van der Waals surface area contributed by atoms with Gasteiger partial charge < -0.3 is 10.1 Å². The molecule has 0 bridgehead atoms. The summed E-state index contributed by atoms with van der Waals surface area (Å²) in [6.45, 7) is 0.596. The lowest BCUT2D eigenvalue weighted by Gasteiger charge is -2.17. The Labute approximate surface area is 117 Å². The number of nitrogens with zero attached hydrogens (tertiary/aromatic N) is 2. The van der Waals surface area contributed by atoms with Gasteiger partial charge in [0.2, 0.25) is 5.91 Å². The van der Waals surface area contributed by atoms with Crippen molar-refractivity contribution in [2.75, 3.05) is 11.9 Å². The highest BCUT2D eigenvalue weighted by Crippen LogP contribution is 2.27. The number of rotatable bonds is 4. The average Bonchev–Trinajstić information content (AvgIpc) is 2.84. The average molecular weight is 271 g/mol. The molecule has 0 radical (unpaired) electrons. The highest BCUT2D eigenvalue weighted by atomic mass is 16.5. The van der Waals surface area contributed by atoms with Gasteiger partial charge in [-0.05, 0) is 23.6 Å². The van der Waals surface area contributed by atoms with E-state index in [0.29, 0.717) is 13.0 Å². The van der Waals surface area contributed by atoms with Crippen molar-refractivity contribution in [2.45, 2.75) is 19.3 Å². The molecule has 1 aromatic heterocycles. The van der Waals surface area contributed by atoms with Gasteiger partial charge in [-0.3, -0.25) is 9.48 Å². The summed E-state index contributed by atoms with van der Waals surface area (Å²) in [5.41, 5.74) is 3.20. The minimum atomic E-state index is 0.0741. The van der Waals surface area contributed by atoms with Gasteiger partial charge >= 0.3 is 0 Å². The Morgan fingerprint density at radius 2 is 2.30 bits per heavy atom. The highest BCUT2D eigenvalue weighted by Gasteiger charge is 2.14. The molecule has 0 saturated heterocycles. The first-order valence-corrected chi connectivity index (χ1v) is 6.74. The quantitative estimate of drug-likeness (QED) is 0.924. The Bertz CT molecular complexity index is 634. The Balaban J connectivity index is 1.60. The third kappa shape index (κ3) is 2.82. The number of anilines is 1. The fourth-order valence-corrected chi connectivity index (χ4v) is 2.33. The fraction of sp³-hybridized carbons (Fsp3) is 0.333. The van der Waals surface area contributed by atoms with E-state index in [1.54, 1.807) is 4.68 Å². The van der Waals surface area contributed by atoms with Crippen LogP contribution in [0.25, 0.3) is 0 Å². The number of fused-ring (bicyclic) bond motifs is 1. The van der Waals surface area contributed by atoms with Crippen molar-refractivity contribution in [2.24, 2.45) is 7.05 Å². The Hall–Kier alpha value is -2.30. The first kappa shape index (κ1) is 12.7. The number of aryl methyl sites for hydroxylation is 2. The first-order valence-electron chi connectivity index (χ1n) is 6.74. The van der Waals surface area contributed by atoms with E-state index in [9.17, 15) is 4.79 Å². The summed E-state index contributed by atoms with van der Waals surface area (Å²) < 4.78 is 7.51. The zero-order chi connectivity index (χ0) is 13.9. The van der Waals surface area contributed by atoms with Crippen LogP contribution in [0.3, 0.4) is 0 Å². The number of hydrogen-bond acceptors (Lipinski definition) is 3.